The number of H-pyrrole nitrogens is 1. The molecule has 0 radical (unpaired) electrons. The normalized spacial score (nSPS) is 12.9. The fourth-order valence-corrected chi connectivity index (χ4v) is 1.60. The summed E-state index contributed by atoms with van der Waals surface area (Å²) in [5, 5.41) is 16.8. The molecule has 0 saturated heterocycles. The topological polar surface area (TPSA) is 167 Å². The number of carbonyl (C=O) groups is 1. The van der Waals surface area contributed by atoms with Crippen molar-refractivity contribution in [1.82, 2.24) is 4.98 Å². The van der Waals surface area contributed by atoms with E-state index in [9.17, 15) is 4.79 Å². The van der Waals surface area contributed by atoms with Crippen molar-refractivity contribution >= 4 is 23.1 Å². The van der Waals surface area contributed by atoms with Gasteiger partial charge in [-0.2, -0.15) is 0 Å². The fourth-order valence-electron chi connectivity index (χ4n) is 1.60. The highest BCUT2D eigenvalue weighted by Gasteiger charge is 2.12. The Morgan fingerprint density at radius 2 is 1.96 bits per heavy atom. The summed E-state index contributed by atoms with van der Waals surface area (Å²) in [6.07, 6.45) is 4.45. The van der Waals surface area contributed by atoms with Crippen molar-refractivity contribution in [2.75, 3.05) is 0 Å². The molecule has 9 N–H and O–H groups in total. The minimum absolute atomic E-state index is 0.0434. The zero-order valence-corrected chi connectivity index (χ0v) is 12.9. The van der Waals surface area contributed by atoms with E-state index in [-0.39, 0.29) is 28.5 Å². The minimum atomic E-state index is -1.04. The summed E-state index contributed by atoms with van der Waals surface area (Å²) < 4.78 is 0. The van der Waals surface area contributed by atoms with Gasteiger partial charge in [0.15, 0.2) is 5.84 Å². The molecule has 1 rings (SSSR count). The molecule has 1 aromatic rings. The molecular formula is C15H20N6O2. The van der Waals surface area contributed by atoms with Gasteiger partial charge in [0.05, 0.1) is 22.7 Å². The summed E-state index contributed by atoms with van der Waals surface area (Å²) >= 11 is 0. The van der Waals surface area contributed by atoms with Gasteiger partial charge in [0.2, 0.25) is 0 Å². The second kappa shape index (κ2) is 7.64. The predicted octanol–water partition coefficient (Wildman–Crippen LogP) is 0.912. The molecule has 0 aliphatic carbocycles. The number of hydrogen-bond acceptors (Lipinski definition) is 5. The first kappa shape index (κ1) is 17.8. The molecular weight excluding hydrogens is 296 g/mol. The molecule has 8 nitrogen and oxygen atoms in total. The van der Waals surface area contributed by atoms with Crippen molar-refractivity contribution in [2.45, 2.75) is 13.8 Å². The lowest BCUT2D eigenvalue weighted by atomic mass is 10.1. The summed E-state index contributed by atoms with van der Waals surface area (Å²) in [5.74, 6) is -1.23. The van der Waals surface area contributed by atoms with Crippen LogP contribution in [0.4, 0.5) is 0 Å². The third-order valence-electron chi connectivity index (χ3n) is 2.94. The van der Waals surface area contributed by atoms with Gasteiger partial charge in [-0.3, -0.25) is 5.41 Å². The van der Waals surface area contributed by atoms with Crippen LogP contribution >= 0.6 is 0 Å². The maximum absolute atomic E-state index is 10.7. The number of aromatic amines is 1. The van der Waals surface area contributed by atoms with Crippen LogP contribution in [0.3, 0.4) is 0 Å². The van der Waals surface area contributed by atoms with Crippen LogP contribution < -0.4 is 17.2 Å². The lowest BCUT2D eigenvalue weighted by Crippen LogP contribution is -2.17. The van der Waals surface area contributed by atoms with Crippen LogP contribution in [0.25, 0.3) is 5.57 Å². The zero-order valence-electron chi connectivity index (χ0n) is 12.9. The Bertz CT molecular complexity index is 719. The Labute approximate surface area is 133 Å². The average Bonchev–Trinajstić information content (AvgIpc) is 2.97. The Morgan fingerprint density at radius 1 is 1.30 bits per heavy atom. The van der Waals surface area contributed by atoms with E-state index in [0.29, 0.717) is 11.4 Å². The standard InChI is InChI=1S/C15H20N6O2/c1-8(15(22)23)5-6-10(16)9(2)21-14(19)12(13(17)18)11-4-3-7-20-11/h3-7,19-20H,16-18H2,1-2H3,(H,22,23)/b8-5+,10-6-,19-14?,21-9?. The van der Waals surface area contributed by atoms with Crippen LogP contribution in [0.15, 0.2) is 52.6 Å². The SMILES string of the molecule is CC(=NC(=N)C(=C(N)N)c1ccc[nH]1)/C(N)=C/C=C(\C)C(=O)O. The van der Waals surface area contributed by atoms with E-state index >= 15 is 0 Å². The largest absolute Gasteiger partial charge is 0.478 e. The Balaban J connectivity index is 3.07. The van der Waals surface area contributed by atoms with Crippen molar-refractivity contribution < 1.29 is 9.90 Å². The number of amidine groups is 1. The third kappa shape index (κ3) is 4.88. The van der Waals surface area contributed by atoms with E-state index < -0.39 is 5.97 Å². The molecule has 0 bridgehead atoms. The fraction of sp³-hybridized carbons (Fsp3) is 0.133. The van der Waals surface area contributed by atoms with E-state index in [4.69, 9.17) is 27.7 Å². The lowest BCUT2D eigenvalue weighted by Gasteiger charge is -2.07. The maximum atomic E-state index is 10.7. The van der Waals surface area contributed by atoms with Crippen molar-refractivity contribution in [1.29, 1.82) is 5.41 Å². The molecule has 0 spiro atoms. The first-order chi connectivity index (χ1) is 10.7. The smallest absolute Gasteiger partial charge is 0.331 e. The molecule has 0 amide bonds. The van der Waals surface area contributed by atoms with E-state index in [1.807, 2.05) is 0 Å². The number of rotatable bonds is 5. The molecule has 1 heterocycles. The lowest BCUT2D eigenvalue weighted by molar-refractivity contribution is -0.132. The highest BCUT2D eigenvalue weighted by atomic mass is 16.4. The van der Waals surface area contributed by atoms with E-state index in [1.165, 1.54) is 19.1 Å². The molecule has 0 atom stereocenters. The van der Waals surface area contributed by atoms with Gasteiger partial charge < -0.3 is 27.3 Å². The molecule has 8 heteroatoms. The van der Waals surface area contributed by atoms with Crippen LogP contribution in [0.5, 0.6) is 0 Å². The monoisotopic (exact) mass is 316 g/mol. The molecule has 0 aliphatic heterocycles. The van der Waals surface area contributed by atoms with E-state index in [2.05, 4.69) is 9.98 Å². The number of aliphatic carboxylic acids is 1. The summed E-state index contributed by atoms with van der Waals surface area (Å²) in [6, 6.07) is 3.46. The van der Waals surface area contributed by atoms with Crippen molar-refractivity contribution in [3.8, 4) is 0 Å². The van der Waals surface area contributed by atoms with Crippen molar-refractivity contribution in [3.63, 3.8) is 0 Å². The second-order valence-electron chi connectivity index (χ2n) is 4.74. The van der Waals surface area contributed by atoms with Crippen LogP contribution in [-0.2, 0) is 4.79 Å². The van der Waals surface area contributed by atoms with Gasteiger partial charge in [0.1, 0.15) is 5.82 Å². The number of allylic oxidation sites excluding steroid dienone is 3. The van der Waals surface area contributed by atoms with Crippen LogP contribution in [0.1, 0.15) is 19.5 Å². The number of aromatic nitrogens is 1. The molecule has 0 saturated carbocycles. The summed E-state index contributed by atoms with van der Waals surface area (Å²) in [6.45, 7) is 3.05. The number of nitrogens with one attached hydrogen (secondary N) is 2. The minimum Gasteiger partial charge on any atom is -0.478 e. The van der Waals surface area contributed by atoms with Gasteiger partial charge in [-0.1, -0.05) is 0 Å². The molecule has 0 fully saturated rings. The number of carboxylic acids is 1. The second-order valence-corrected chi connectivity index (χ2v) is 4.74. The quantitative estimate of drug-likeness (QED) is 0.205. The molecule has 122 valence electrons. The van der Waals surface area contributed by atoms with Gasteiger partial charge in [-0.05, 0) is 38.1 Å². The zero-order chi connectivity index (χ0) is 17.6. The van der Waals surface area contributed by atoms with Crippen LogP contribution in [-0.4, -0.2) is 27.6 Å². The highest BCUT2D eigenvalue weighted by molar-refractivity contribution is 6.25. The predicted molar refractivity (Wildman–Crippen MR) is 90.6 cm³/mol. The van der Waals surface area contributed by atoms with Crippen LogP contribution in [0.2, 0.25) is 0 Å². The van der Waals surface area contributed by atoms with Gasteiger partial charge in [0, 0.05) is 11.8 Å². The first-order valence-electron chi connectivity index (χ1n) is 6.65. The number of nitrogens with two attached hydrogens (primary N) is 3. The molecule has 0 aliphatic rings. The van der Waals surface area contributed by atoms with Gasteiger partial charge in [-0.25, -0.2) is 9.79 Å². The van der Waals surface area contributed by atoms with Crippen LogP contribution in [0, 0.1) is 5.41 Å². The van der Waals surface area contributed by atoms with Gasteiger partial charge in [0.25, 0.3) is 0 Å². The van der Waals surface area contributed by atoms with Gasteiger partial charge >= 0.3 is 5.97 Å². The first-order valence-corrected chi connectivity index (χ1v) is 6.65. The Hall–Kier alpha value is -3.29. The van der Waals surface area contributed by atoms with E-state index in [1.54, 1.807) is 25.3 Å². The summed E-state index contributed by atoms with van der Waals surface area (Å²) in [7, 11) is 0. The summed E-state index contributed by atoms with van der Waals surface area (Å²) in [4.78, 5) is 17.7. The number of aliphatic imine (C=N–C) groups is 1. The molecule has 1 aromatic heterocycles. The highest BCUT2D eigenvalue weighted by Crippen LogP contribution is 2.15. The molecule has 0 unspecified atom stereocenters. The molecule has 0 aromatic carbocycles. The Kier molecular flexibility index (Phi) is 5.90. The van der Waals surface area contributed by atoms with Gasteiger partial charge in [-0.15, -0.1) is 0 Å². The molecule has 23 heavy (non-hydrogen) atoms. The summed E-state index contributed by atoms with van der Waals surface area (Å²) in [5.41, 5.74) is 18.6. The third-order valence-corrected chi connectivity index (χ3v) is 2.94. The number of hydrogen-bond donors (Lipinski definition) is 6. The average molecular weight is 316 g/mol. The van der Waals surface area contributed by atoms with Crippen molar-refractivity contribution in [2.24, 2.45) is 22.2 Å². The number of carboxylic acid groups (broad SMARTS) is 1. The maximum Gasteiger partial charge on any atom is 0.331 e. The Morgan fingerprint density at radius 3 is 2.43 bits per heavy atom. The van der Waals surface area contributed by atoms with Crippen molar-refractivity contribution in [3.05, 3.63) is 53.3 Å². The van der Waals surface area contributed by atoms with E-state index in [0.717, 1.165) is 0 Å². The number of nitrogens with zero attached hydrogens (tertiary/aromatic N) is 1.